The number of carbonyl (C=O) groups excluding carboxylic acids is 1. The molecule has 172 valence electrons. The molecule has 0 aliphatic carbocycles. The van der Waals surface area contributed by atoms with Crippen molar-refractivity contribution in [2.75, 3.05) is 18.4 Å². The molecule has 1 aliphatic heterocycles. The number of amides is 1. The van der Waals surface area contributed by atoms with Crippen LogP contribution in [0.3, 0.4) is 0 Å². The Kier molecular flexibility index (Phi) is 7.07. The Hall–Kier alpha value is -2.81. The van der Waals surface area contributed by atoms with Crippen LogP contribution in [0.15, 0.2) is 71.6 Å². The SMILES string of the molecule is CC1CCN(S(=O)(=O)c2ccc(NC(=S)NC(=O)Cc3cccc4ccccc34)cc2)CC1. The third-order valence-corrected chi connectivity index (χ3v) is 8.09. The van der Waals surface area contributed by atoms with Crippen LogP contribution < -0.4 is 10.6 Å². The lowest BCUT2D eigenvalue weighted by Gasteiger charge is -2.29. The van der Waals surface area contributed by atoms with E-state index in [2.05, 4.69) is 17.6 Å². The molecule has 1 aliphatic rings. The highest BCUT2D eigenvalue weighted by Crippen LogP contribution is 2.24. The molecule has 0 unspecified atom stereocenters. The van der Waals surface area contributed by atoms with Crippen LogP contribution >= 0.6 is 12.2 Å². The average molecular weight is 482 g/mol. The zero-order valence-corrected chi connectivity index (χ0v) is 20.1. The molecule has 8 heteroatoms. The predicted molar refractivity (Wildman–Crippen MR) is 136 cm³/mol. The topological polar surface area (TPSA) is 78.5 Å². The van der Waals surface area contributed by atoms with Crippen LogP contribution in [0.2, 0.25) is 0 Å². The molecule has 6 nitrogen and oxygen atoms in total. The summed E-state index contributed by atoms with van der Waals surface area (Å²) in [5, 5.41) is 7.93. The summed E-state index contributed by atoms with van der Waals surface area (Å²) in [5.74, 6) is 0.335. The van der Waals surface area contributed by atoms with E-state index in [4.69, 9.17) is 12.2 Å². The van der Waals surface area contributed by atoms with Gasteiger partial charge in [-0.25, -0.2) is 8.42 Å². The summed E-state index contributed by atoms with van der Waals surface area (Å²) in [7, 11) is -3.50. The van der Waals surface area contributed by atoms with Gasteiger partial charge >= 0.3 is 0 Å². The Morgan fingerprint density at radius 3 is 2.39 bits per heavy atom. The van der Waals surface area contributed by atoms with Crippen molar-refractivity contribution in [1.82, 2.24) is 9.62 Å². The minimum Gasteiger partial charge on any atom is -0.332 e. The molecule has 1 saturated heterocycles. The van der Waals surface area contributed by atoms with Gasteiger partial charge in [-0.1, -0.05) is 49.4 Å². The van der Waals surface area contributed by atoms with Gasteiger partial charge in [0.2, 0.25) is 15.9 Å². The van der Waals surface area contributed by atoms with Crippen LogP contribution in [0.4, 0.5) is 5.69 Å². The molecule has 0 saturated carbocycles. The van der Waals surface area contributed by atoms with E-state index < -0.39 is 10.0 Å². The second-order valence-electron chi connectivity index (χ2n) is 8.43. The average Bonchev–Trinajstić information content (AvgIpc) is 2.80. The Morgan fingerprint density at radius 2 is 1.67 bits per heavy atom. The Labute approximate surface area is 200 Å². The summed E-state index contributed by atoms with van der Waals surface area (Å²) in [4.78, 5) is 12.8. The van der Waals surface area contributed by atoms with Crippen molar-refractivity contribution in [3.63, 3.8) is 0 Å². The predicted octanol–water partition coefficient (Wildman–Crippen LogP) is 4.32. The van der Waals surface area contributed by atoms with E-state index in [-0.39, 0.29) is 22.3 Å². The number of carbonyl (C=O) groups is 1. The summed E-state index contributed by atoms with van der Waals surface area (Å²) in [6.07, 6.45) is 1.96. The normalized spacial score (nSPS) is 15.3. The maximum Gasteiger partial charge on any atom is 0.243 e. The highest BCUT2D eigenvalue weighted by Gasteiger charge is 2.27. The number of anilines is 1. The molecule has 0 atom stereocenters. The van der Waals surface area contributed by atoms with Crippen molar-refractivity contribution in [2.24, 2.45) is 5.92 Å². The number of rotatable bonds is 5. The zero-order chi connectivity index (χ0) is 23.4. The van der Waals surface area contributed by atoms with E-state index in [0.29, 0.717) is 24.7 Å². The van der Waals surface area contributed by atoms with Gasteiger partial charge in [-0.2, -0.15) is 4.31 Å². The van der Waals surface area contributed by atoms with Gasteiger partial charge in [-0.15, -0.1) is 0 Å². The van der Waals surface area contributed by atoms with Crippen LogP contribution in [-0.2, 0) is 21.2 Å². The summed E-state index contributed by atoms with van der Waals surface area (Å²) in [5.41, 5.74) is 1.53. The monoisotopic (exact) mass is 481 g/mol. The van der Waals surface area contributed by atoms with Crippen molar-refractivity contribution in [1.29, 1.82) is 0 Å². The van der Waals surface area contributed by atoms with Crippen molar-refractivity contribution < 1.29 is 13.2 Å². The van der Waals surface area contributed by atoms with Gasteiger partial charge in [0.25, 0.3) is 0 Å². The smallest absolute Gasteiger partial charge is 0.243 e. The molecular formula is C25H27N3O3S2. The minimum absolute atomic E-state index is 0.167. The largest absolute Gasteiger partial charge is 0.332 e. The molecule has 3 aromatic carbocycles. The van der Waals surface area contributed by atoms with Gasteiger partial charge < -0.3 is 10.6 Å². The fraction of sp³-hybridized carbons (Fsp3) is 0.280. The van der Waals surface area contributed by atoms with Gasteiger partial charge in [0.1, 0.15) is 0 Å². The number of piperidine rings is 1. The van der Waals surface area contributed by atoms with Crippen molar-refractivity contribution in [3.8, 4) is 0 Å². The lowest BCUT2D eigenvalue weighted by atomic mass is 10.0. The standard InChI is InChI=1S/C25H27N3O3S2/c1-18-13-15-28(16-14-18)33(30,31)22-11-9-21(10-12-22)26-25(32)27-24(29)17-20-7-4-6-19-5-2-3-8-23(19)20/h2-12,18H,13-17H2,1H3,(H2,26,27,29,32). The molecule has 4 rings (SSSR count). The lowest BCUT2D eigenvalue weighted by Crippen LogP contribution is -2.37. The molecule has 0 spiro atoms. The Bertz CT molecular complexity index is 1260. The summed E-state index contributed by atoms with van der Waals surface area (Å²) in [6.45, 7) is 3.25. The van der Waals surface area contributed by atoms with E-state index >= 15 is 0 Å². The third kappa shape index (κ3) is 5.58. The van der Waals surface area contributed by atoms with Crippen LogP contribution in [0.1, 0.15) is 25.3 Å². The summed E-state index contributed by atoms with van der Waals surface area (Å²) >= 11 is 5.27. The fourth-order valence-electron chi connectivity index (χ4n) is 4.04. The number of thiocarbonyl (C=S) groups is 1. The molecule has 0 aromatic heterocycles. The summed E-state index contributed by atoms with van der Waals surface area (Å²) in [6, 6.07) is 20.2. The lowest BCUT2D eigenvalue weighted by molar-refractivity contribution is -0.119. The second kappa shape index (κ2) is 9.99. The first-order valence-corrected chi connectivity index (χ1v) is 12.9. The molecule has 3 aromatic rings. The van der Waals surface area contributed by atoms with Gasteiger partial charge in [0, 0.05) is 18.8 Å². The Balaban J connectivity index is 1.35. The number of nitrogens with one attached hydrogen (secondary N) is 2. The van der Waals surface area contributed by atoms with Crippen LogP contribution in [-0.4, -0.2) is 36.8 Å². The molecule has 0 bridgehead atoms. The maximum absolute atomic E-state index is 12.9. The van der Waals surface area contributed by atoms with Crippen LogP contribution in [0.5, 0.6) is 0 Å². The van der Waals surface area contributed by atoms with Gasteiger partial charge in [-0.3, -0.25) is 4.79 Å². The first-order chi connectivity index (χ1) is 15.8. The molecule has 33 heavy (non-hydrogen) atoms. The van der Waals surface area contributed by atoms with Crippen molar-refractivity contribution >= 4 is 49.7 Å². The number of benzene rings is 3. The number of fused-ring (bicyclic) bond motifs is 1. The van der Waals surface area contributed by atoms with Crippen molar-refractivity contribution in [3.05, 3.63) is 72.3 Å². The van der Waals surface area contributed by atoms with Gasteiger partial charge in [-0.05, 0) is 71.6 Å². The summed E-state index contributed by atoms with van der Waals surface area (Å²) < 4.78 is 27.3. The minimum atomic E-state index is -3.50. The number of hydrogen-bond acceptors (Lipinski definition) is 4. The highest BCUT2D eigenvalue weighted by molar-refractivity contribution is 7.89. The molecular weight excluding hydrogens is 454 g/mol. The maximum atomic E-state index is 12.9. The fourth-order valence-corrected chi connectivity index (χ4v) is 5.74. The molecule has 0 radical (unpaired) electrons. The van der Waals surface area contributed by atoms with Crippen molar-refractivity contribution in [2.45, 2.75) is 31.1 Å². The van der Waals surface area contributed by atoms with E-state index in [0.717, 1.165) is 29.2 Å². The van der Waals surface area contributed by atoms with E-state index in [1.165, 1.54) is 0 Å². The molecule has 1 heterocycles. The van der Waals surface area contributed by atoms with Gasteiger partial charge in [0.05, 0.1) is 11.3 Å². The quantitative estimate of drug-likeness (QED) is 0.531. The molecule has 1 amide bonds. The van der Waals surface area contributed by atoms with E-state index in [1.54, 1.807) is 28.6 Å². The van der Waals surface area contributed by atoms with E-state index in [1.807, 2.05) is 42.5 Å². The number of hydrogen-bond donors (Lipinski definition) is 2. The zero-order valence-electron chi connectivity index (χ0n) is 18.5. The second-order valence-corrected chi connectivity index (χ2v) is 10.8. The highest BCUT2D eigenvalue weighted by atomic mass is 32.2. The molecule has 2 N–H and O–H groups in total. The number of sulfonamides is 1. The Morgan fingerprint density at radius 1 is 1.00 bits per heavy atom. The van der Waals surface area contributed by atoms with E-state index in [9.17, 15) is 13.2 Å². The van der Waals surface area contributed by atoms with Gasteiger partial charge in [0.15, 0.2) is 5.11 Å². The van der Waals surface area contributed by atoms with Crippen LogP contribution in [0.25, 0.3) is 10.8 Å². The molecule has 1 fully saturated rings. The van der Waals surface area contributed by atoms with Crippen LogP contribution in [0, 0.1) is 5.92 Å². The first-order valence-electron chi connectivity index (χ1n) is 11.0. The first kappa shape index (κ1) is 23.4. The third-order valence-electron chi connectivity index (χ3n) is 5.98. The number of nitrogens with zero attached hydrogens (tertiary/aromatic N) is 1.